The highest BCUT2D eigenvalue weighted by atomic mass is 16.3. The van der Waals surface area contributed by atoms with Crippen molar-refractivity contribution in [3.63, 3.8) is 0 Å². The van der Waals surface area contributed by atoms with E-state index in [1.165, 1.54) is 0 Å². The van der Waals surface area contributed by atoms with E-state index < -0.39 is 17.1 Å². The van der Waals surface area contributed by atoms with Crippen LogP contribution in [0.25, 0.3) is 0 Å². The maximum absolute atomic E-state index is 11.9. The molecule has 7 nitrogen and oxygen atoms in total. The van der Waals surface area contributed by atoms with Crippen molar-refractivity contribution in [2.75, 3.05) is 6.61 Å². The van der Waals surface area contributed by atoms with E-state index in [0.29, 0.717) is 6.42 Å². The van der Waals surface area contributed by atoms with Crippen LogP contribution in [0.2, 0.25) is 0 Å². The Kier molecular flexibility index (Phi) is 4.45. The van der Waals surface area contributed by atoms with Gasteiger partial charge in [-0.1, -0.05) is 6.92 Å². The molecule has 1 heterocycles. The van der Waals surface area contributed by atoms with Gasteiger partial charge in [0.15, 0.2) is 0 Å². The summed E-state index contributed by atoms with van der Waals surface area (Å²) in [7, 11) is 0. The van der Waals surface area contributed by atoms with Gasteiger partial charge in [0, 0.05) is 13.1 Å². The van der Waals surface area contributed by atoms with E-state index in [0.717, 1.165) is 13.7 Å². The number of aliphatic hydroxyl groups excluding tert-OH is 1. The van der Waals surface area contributed by atoms with Gasteiger partial charge in [0.25, 0.3) is 0 Å². The summed E-state index contributed by atoms with van der Waals surface area (Å²) in [5, 5.41) is 8.83. The number of rotatable bonds is 5. The van der Waals surface area contributed by atoms with Gasteiger partial charge in [-0.05, 0) is 13.3 Å². The zero-order chi connectivity index (χ0) is 13.0. The van der Waals surface area contributed by atoms with Gasteiger partial charge in [0.1, 0.15) is 0 Å². The molecule has 0 spiro atoms. The van der Waals surface area contributed by atoms with Crippen LogP contribution >= 0.6 is 0 Å². The van der Waals surface area contributed by atoms with Gasteiger partial charge in [-0.3, -0.25) is 0 Å². The van der Waals surface area contributed by atoms with Crippen molar-refractivity contribution in [2.24, 2.45) is 0 Å². The van der Waals surface area contributed by atoms with E-state index in [-0.39, 0.29) is 26.2 Å². The standard InChI is InChI=1S/C10H17N3O4/c1-3-5-12-8(15)11(4-2)9(16)13(6-7-14)10(12)17/h14H,3-7H2,1-2H3. The SMILES string of the molecule is CCCn1c(=O)n(CC)c(=O)n(CCO)c1=O. The van der Waals surface area contributed by atoms with Crippen LogP contribution in [-0.4, -0.2) is 25.4 Å². The van der Waals surface area contributed by atoms with E-state index in [4.69, 9.17) is 5.11 Å². The van der Waals surface area contributed by atoms with E-state index in [1.54, 1.807) is 6.92 Å². The third-order valence-corrected chi connectivity index (χ3v) is 2.47. The molecule has 0 bridgehead atoms. The predicted molar refractivity (Wildman–Crippen MR) is 62.3 cm³/mol. The van der Waals surface area contributed by atoms with Gasteiger partial charge in [0.2, 0.25) is 0 Å². The van der Waals surface area contributed by atoms with Crippen LogP contribution in [0.5, 0.6) is 0 Å². The van der Waals surface area contributed by atoms with E-state index >= 15 is 0 Å². The molecule has 0 aliphatic rings. The molecule has 0 saturated heterocycles. The fourth-order valence-corrected chi connectivity index (χ4v) is 1.66. The second-order valence-electron chi connectivity index (χ2n) is 3.62. The van der Waals surface area contributed by atoms with E-state index in [2.05, 4.69) is 0 Å². The smallest absolute Gasteiger partial charge is 0.336 e. The van der Waals surface area contributed by atoms with Gasteiger partial charge in [0.05, 0.1) is 13.2 Å². The fourth-order valence-electron chi connectivity index (χ4n) is 1.66. The summed E-state index contributed by atoms with van der Waals surface area (Å²) in [6.45, 7) is 3.55. The van der Waals surface area contributed by atoms with Gasteiger partial charge >= 0.3 is 17.1 Å². The van der Waals surface area contributed by atoms with Crippen LogP contribution in [0, 0.1) is 0 Å². The van der Waals surface area contributed by atoms with Crippen molar-refractivity contribution < 1.29 is 5.11 Å². The first-order valence-corrected chi connectivity index (χ1v) is 5.63. The van der Waals surface area contributed by atoms with Gasteiger partial charge in [-0.15, -0.1) is 0 Å². The van der Waals surface area contributed by atoms with Crippen LogP contribution in [0.15, 0.2) is 14.4 Å². The third-order valence-electron chi connectivity index (χ3n) is 2.47. The Morgan fingerprint density at radius 3 is 1.76 bits per heavy atom. The Morgan fingerprint density at radius 1 is 0.882 bits per heavy atom. The van der Waals surface area contributed by atoms with E-state index in [1.807, 2.05) is 6.92 Å². The van der Waals surface area contributed by atoms with Crippen LogP contribution in [-0.2, 0) is 19.6 Å². The number of hydrogen-bond acceptors (Lipinski definition) is 4. The average molecular weight is 243 g/mol. The Morgan fingerprint density at radius 2 is 1.35 bits per heavy atom. The Hall–Kier alpha value is -1.63. The summed E-state index contributed by atoms with van der Waals surface area (Å²) in [6.07, 6.45) is 0.621. The Bertz CT molecular complexity index is 508. The molecular formula is C10H17N3O4. The van der Waals surface area contributed by atoms with Crippen molar-refractivity contribution >= 4 is 0 Å². The molecule has 1 N–H and O–H groups in total. The maximum atomic E-state index is 11.9. The summed E-state index contributed by atoms with van der Waals surface area (Å²) in [6, 6.07) is 0. The summed E-state index contributed by atoms with van der Waals surface area (Å²) in [5.74, 6) is 0. The molecule has 0 aliphatic heterocycles. The predicted octanol–water partition coefficient (Wildman–Crippen LogP) is -1.41. The Labute approximate surface area is 97.6 Å². The molecule has 96 valence electrons. The van der Waals surface area contributed by atoms with Crippen molar-refractivity contribution in [3.8, 4) is 0 Å². The number of hydrogen-bond donors (Lipinski definition) is 1. The molecule has 0 aromatic carbocycles. The van der Waals surface area contributed by atoms with Crippen LogP contribution in [0.3, 0.4) is 0 Å². The highest BCUT2D eigenvalue weighted by molar-refractivity contribution is 4.78. The lowest BCUT2D eigenvalue weighted by molar-refractivity contribution is 0.264. The highest BCUT2D eigenvalue weighted by Gasteiger charge is 2.12. The molecule has 0 unspecified atom stereocenters. The summed E-state index contributed by atoms with van der Waals surface area (Å²) >= 11 is 0. The number of nitrogens with zero attached hydrogens (tertiary/aromatic N) is 3. The molecule has 0 fully saturated rings. The van der Waals surface area contributed by atoms with Crippen molar-refractivity contribution in [3.05, 3.63) is 31.5 Å². The third kappa shape index (κ3) is 2.38. The minimum atomic E-state index is -0.663. The molecular weight excluding hydrogens is 226 g/mol. The lowest BCUT2D eigenvalue weighted by Crippen LogP contribution is -2.54. The second kappa shape index (κ2) is 5.62. The number of aromatic nitrogens is 3. The van der Waals surface area contributed by atoms with Crippen molar-refractivity contribution in [1.82, 2.24) is 13.7 Å². The van der Waals surface area contributed by atoms with Crippen molar-refractivity contribution in [1.29, 1.82) is 0 Å². The van der Waals surface area contributed by atoms with Gasteiger partial charge in [-0.2, -0.15) is 0 Å². The lowest BCUT2D eigenvalue weighted by atomic mass is 10.5. The topological polar surface area (TPSA) is 86.2 Å². The fraction of sp³-hybridized carbons (Fsp3) is 0.700. The molecule has 17 heavy (non-hydrogen) atoms. The Balaban J connectivity index is 3.64. The monoisotopic (exact) mass is 243 g/mol. The highest BCUT2D eigenvalue weighted by Crippen LogP contribution is 1.80. The zero-order valence-electron chi connectivity index (χ0n) is 10.0. The first kappa shape index (κ1) is 13.4. The number of aliphatic hydroxyl groups is 1. The minimum Gasteiger partial charge on any atom is -0.395 e. The summed E-state index contributed by atoms with van der Waals surface area (Å²) in [5.41, 5.74) is -1.90. The molecule has 1 aromatic heterocycles. The molecule has 0 amide bonds. The minimum absolute atomic E-state index is 0.0956. The quantitative estimate of drug-likeness (QED) is 0.688. The first-order valence-electron chi connectivity index (χ1n) is 5.63. The first-order chi connectivity index (χ1) is 8.08. The van der Waals surface area contributed by atoms with Crippen LogP contribution in [0.4, 0.5) is 0 Å². The largest absolute Gasteiger partial charge is 0.395 e. The van der Waals surface area contributed by atoms with Crippen LogP contribution < -0.4 is 17.1 Å². The van der Waals surface area contributed by atoms with Crippen LogP contribution in [0.1, 0.15) is 20.3 Å². The summed E-state index contributed by atoms with van der Waals surface area (Å²) in [4.78, 5) is 35.5. The van der Waals surface area contributed by atoms with Gasteiger partial charge < -0.3 is 5.11 Å². The molecule has 7 heteroatoms. The molecule has 0 saturated carbocycles. The molecule has 0 radical (unpaired) electrons. The zero-order valence-corrected chi connectivity index (χ0v) is 10.0. The average Bonchev–Trinajstić information content (AvgIpc) is 2.31. The van der Waals surface area contributed by atoms with E-state index in [9.17, 15) is 14.4 Å². The van der Waals surface area contributed by atoms with Gasteiger partial charge in [-0.25, -0.2) is 28.1 Å². The maximum Gasteiger partial charge on any atom is 0.336 e. The molecule has 1 rings (SSSR count). The lowest BCUT2D eigenvalue weighted by Gasteiger charge is -2.11. The second-order valence-corrected chi connectivity index (χ2v) is 3.62. The van der Waals surface area contributed by atoms with Crippen molar-refractivity contribution in [2.45, 2.75) is 39.9 Å². The molecule has 1 aromatic rings. The molecule has 0 aliphatic carbocycles. The normalized spacial score (nSPS) is 10.8. The molecule has 0 atom stereocenters. The summed E-state index contributed by atoms with van der Waals surface area (Å²) < 4.78 is 2.91.